The van der Waals surface area contributed by atoms with Crippen LogP contribution in [0, 0.1) is 41.5 Å². The minimum atomic E-state index is 0.455. The molecule has 6 nitrogen and oxygen atoms in total. The van der Waals surface area contributed by atoms with Gasteiger partial charge < -0.3 is 18.6 Å². The van der Waals surface area contributed by atoms with E-state index in [0.29, 0.717) is 26.4 Å². The van der Waals surface area contributed by atoms with Crippen molar-refractivity contribution in [1.29, 1.82) is 0 Å². The maximum Gasteiger partial charge on any atom is 0.137 e. The van der Waals surface area contributed by atoms with Gasteiger partial charge in [0.15, 0.2) is 0 Å². The van der Waals surface area contributed by atoms with Crippen molar-refractivity contribution in [3.63, 3.8) is 0 Å². The van der Waals surface area contributed by atoms with Crippen LogP contribution in [0.5, 0.6) is 0 Å². The van der Waals surface area contributed by atoms with Crippen LogP contribution in [-0.4, -0.2) is 32.3 Å². The van der Waals surface area contributed by atoms with Gasteiger partial charge in [0.05, 0.1) is 37.8 Å². The van der Waals surface area contributed by atoms with Crippen molar-refractivity contribution in [3.05, 3.63) is 93.8 Å². The predicted molar refractivity (Wildman–Crippen MR) is 135 cm³/mol. The van der Waals surface area contributed by atoms with Gasteiger partial charge in [-0.3, -0.25) is 0 Å². The third-order valence-corrected chi connectivity index (χ3v) is 5.89. The maximum absolute atomic E-state index is 5.86. The van der Waals surface area contributed by atoms with Gasteiger partial charge in [0.25, 0.3) is 0 Å². The summed E-state index contributed by atoms with van der Waals surface area (Å²) in [5, 5.41) is 0. The highest BCUT2D eigenvalue weighted by Crippen LogP contribution is 2.18. The van der Waals surface area contributed by atoms with E-state index in [9.17, 15) is 0 Å². The fourth-order valence-electron chi connectivity index (χ4n) is 4.35. The quantitative estimate of drug-likeness (QED) is 0.305. The molecule has 4 rings (SSSR count). The molecule has 0 saturated carbocycles. The summed E-state index contributed by atoms with van der Waals surface area (Å²) in [6.07, 6.45) is 0. The highest BCUT2D eigenvalue weighted by molar-refractivity contribution is 5.36. The molecular weight excluding hydrogens is 424 g/mol. The van der Waals surface area contributed by atoms with Gasteiger partial charge in [-0.2, -0.15) is 0 Å². The molecule has 0 atom stereocenters. The van der Waals surface area contributed by atoms with Gasteiger partial charge in [-0.05, 0) is 101 Å². The summed E-state index contributed by atoms with van der Waals surface area (Å²) in [7, 11) is 0. The van der Waals surface area contributed by atoms with Crippen molar-refractivity contribution in [2.24, 2.45) is 0 Å². The molecule has 0 spiro atoms. The smallest absolute Gasteiger partial charge is 0.137 e. The molecule has 178 valence electrons. The van der Waals surface area contributed by atoms with Crippen molar-refractivity contribution in [2.45, 2.75) is 54.8 Å². The van der Waals surface area contributed by atoms with Crippen molar-refractivity contribution in [3.8, 4) is 11.6 Å². The minimum absolute atomic E-state index is 0.455. The molecule has 0 aliphatic heterocycles. The third kappa shape index (κ3) is 5.46. The average molecular weight is 459 g/mol. The van der Waals surface area contributed by atoms with Crippen LogP contribution in [0.4, 0.5) is 0 Å². The Morgan fingerprint density at radius 1 is 0.559 bits per heavy atom. The van der Waals surface area contributed by atoms with Crippen LogP contribution in [0.25, 0.3) is 11.6 Å². The Morgan fingerprint density at radius 3 is 1.26 bits per heavy atom. The molecule has 0 radical (unpaired) electrons. The molecule has 0 bridgehead atoms. The normalized spacial score (nSPS) is 11.4. The SMILES string of the molecule is Cc1cc(COCCOCc2cc(C)cc(-n3c(C)ccc3C)n2)nc(-n2c(C)ccc2C)c1. The van der Waals surface area contributed by atoms with E-state index >= 15 is 0 Å². The van der Waals surface area contributed by atoms with Gasteiger partial charge >= 0.3 is 0 Å². The lowest BCUT2D eigenvalue weighted by Crippen LogP contribution is -2.09. The Hall–Kier alpha value is -3.22. The van der Waals surface area contributed by atoms with Crippen molar-refractivity contribution < 1.29 is 9.47 Å². The molecule has 4 heterocycles. The van der Waals surface area contributed by atoms with Crippen LogP contribution in [0.15, 0.2) is 48.5 Å². The Kier molecular flexibility index (Phi) is 7.29. The number of aromatic nitrogens is 4. The van der Waals surface area contributed by atoms with E-state index in [1.807, 2.05) is 0 Å². The monoisotopic (exact) mass is 458 g/mol. The number of nitrogens with zero attached hydrogens (tertiary/aromatic N) is 4. The first-order chi connectivity index (χ1) is 16.3. The molecule has 6 heteroatoms. The number of rotatable bonds is 9. The van der Waals surface area contributed by atoms with E-state index in [0.717, 1.165) is 23.0 Å². The van der Waals surface area contributed by atoms with E-state index in [1.165, 1.54) is 33.9 Å². The van der Waals surface area contributed by atoms with Crippen molar-refractivity contribution in [1.82, 2.24) is 19.1 Å². The van der Waals surface area contributed by atoms with Crippen LogP contribution >= 0.6 is 0 Å². The Bertz CT molecular complexity index is 1150. The van der Waals surface area contributed by atoms with E-state index in [2.05, 4.69) is 99.2 Å². The first-order valence-corrected chi connectivity index (χ1v) is 11.7. The highest BCUT2D eigenvalue weighted by Gasteiger charge is 2.09. The highest BCUT2D eigenvalue weighted by atomic mass is 16.5. The van der Waals surface area contributed by atoms with Gasteiger partial charge in [-0.1, -0.05) is 0 Å². The standard InChI is InChI=1S/C28H34N4O2/c1-19-13-25(29-27(15-19)31-21(3)7-8-22(31)4)17-33-11-12-34-18-26-14-20(2)16-28(30-26)32-23(5)9-10-24(32)6/h7-10,13-16H,11-12,17-18H2,1-6H3. The van der Waals surface area contributed by atoms with Gasteiger partial charge in [-0.25, -0.2) is 9.97 Å². The maximum atomic E-state index is 5.86. The summed E-state index contributed by atoms with van der Waals surface area (Å²) in [6, 6.07) is 16.8. The van der Waals surface area contributed by atoms with Gasteiger partial charge in [0, 0.05) is 22.8 Å². The fraction of sp³-hybridized carbons (Fsp3) is 0.357. The van der Waals surface area contributed by atoms with E-state index in [1.54, 1.807) is 0 Å². The number of pyridine rings is 2. The van der Waals surface area contributed by atoms with Gasteiger partial charge in [0.1, 0.15) is 11.6 Å². The van der Waals surface area contributed by atoms with Crippen LogP contribution in [0.2, 0.25) is 0 Å². The number of hydrogen-bond donors (Lipinski definition) is 0. The molecule has 4 aromatic heterocycles. The van der Waals surface area contributed by atoms with Crippen LogP contribution < -0.4 is 0 Å². The molecular formula is C28H34N4O2. The summed E-state index contributed by atoms with van der Waals surface area (Å²) in [5.74, 6) is 1.87. The molecule has 34 heavy (non-hydrogen) atoms. The number of hydrogen-bond acceptors (Lipinski definition) is 4. The van der Waals surface area contributed by atoms with Crippen LogP contribution in [0.3, 0.4) is 0 Å². The van der Waals surface area contributed by atoms with E-state index < -0.39 is 0 Å². The fourth-order valence-corrected chi connectivity index (χ4v) is 4.35. The second-order valence-electron chi connectivity index (χ2n) is 9.00. The Labute approximate surface area is 202 Å². The molecule has 4 aromatic rings. The zero-order chi connectivity index (χ0) is 24.2. The predicted octanol–water partition coefficient (Wildman–Crippen LogP) is 5.64. The molecule has 0 N–H and O–H groups in total. The number of ether oxygens (including phenoxy) is 2. The summed E-state index contributed by atoms with van der Waals surface area (Å²) in [6.45, 7) is 14.5. The Morgan fingerprint density at radius 2 is 0.912 bits per heavy atom. The largest absolute Gasteiger partial charge is 0.373 e. The molecule has 0 aliphatic carbocycles. The molecule has 0 aliphatic rings. The summed E-state index contributed by atoms with van der Waals surface area (Å²) in [5.41, 5.74) is 8.87. The van der Waals surface area contributed by atoms with Gasteiger partial charge in [-0.15, -0.1) is 0 Å². The second kappa shape index (κ2) is 10.4. The Balaban J connectivity index is 1.30. The van der Waals surface area contributed by atoms with Crippen molar-refractivity contribution >= 4 is 0 Å². The van der Waals surface area contributed by atoms with Crippen molar-refractivity contribution in [2.75, 3.05) is 13.2 Å². The third-order valence-electron chi connectivity index (χ3n) is 5.89. The molecule has 0 amide bonds. The second-order valence-corrected chi connectivity index (χ2v) is 9.00. The first kappa shape index (κ1) is 23.9. The lowest BCUT2D eigenvalue weighted by atomic mass is 10.2. The van der Waals surface area contributed by atoms with E-state index in [4.69, 9.17) is 19.4 Å². The number of aryl methyl sites for hydroxylation is 6. The summed E-state index contributed by atoms with van der Waals surface area (Å²) in [4.78, 5) is 9.61. The minimum Gasteiger partial charge on any atom is -0.373 e. The zero-order valence-electron chi connectivity index (χ0n) is 21.1. The lowest BCUT2D eigenvalue weighted by Gasteiger charge is -2.13. The topological polar surface area (TPSA) is 54.1 Å². The molecule has 0 aromatic carbocycles. The zero-order valence-corrected chi connectivity index (χ0v) is 21.1. The first-order valence-electron chi connectivity index (χ1n) is 11.7. The molecule has 0 saturated heterocycles. The average Bonchev–Trinajstić information content (AvgIpc) is 3.29. The molecule has 0 fully saturated rings. The lowest BCUT2D eigenvalue weighted by molar-refractivity contribution is 0.0318. The van der Waals surface area contributed by atoms with Crippen LogP contribution in [-0.2, 0) is 22.7 Å². The van der Waals surface area contributed by atoms with Crippen LogP contribution in [0.1, 0.15) is 45.3 Å². The molecule has 0 unspecified atom stereocenters. The summed E-state index contributed by atoms with van der Waals surface area (Å²) >= 11 is 0. The van der Waals surface area contributed by atoms with E-state index in [-0.39, 0.29) is 0 Å². The summed E-state index contributed by atoms with van der Waals surface area (Å²) < 4.78 is 16.1. The van der Waals surface area contributed by atoms with Gasteiger partial charge in [0.2, 0.25) is 0 Å².